The summed E-state index contributed by atoms with van der Waals surface area (Å²) in [5.74, 6) is -5.12. The van der Waals surface area contributed by atoms with E-state index in [9.17, 15) is 28.8 Å². The van der Waals surface area contributed by atoms with Crippen molar-refractivity contribution in [3.63, 3.8) is 0 Å². The van der Waals surface area contributed by atoms with Gasteiger partial charge >= 0.3 is 11.9 Å². The van der Waals surface area contributed by atoms with Gasteiger partial charge in [-0.05, 0) is 19.3 Å². The van der Waals surface area contributed by atoms with Gasteiger partial charge in [0.1, 0.15) is 0 Å². The van der Waals surface area contributed by atoms with Crippen molar-refractivity contribution in [2.75, 3.05) is 0 Å². The predicted octanol–water partition coefficient (Wildman–Crippen LogP) is 0.00720. The lowest BCUT2D eigenvalue weighted by molar-refractivity contribution is -0.205. The number of hydrogen-bond donors (Lipinski definition) is 0. The topological polar surface area (TPSA) is 127 Å². The second-order valence-corrected chi connectivity index (χ2v) is 6.54. The summed E-state index contributed by atoms with van der Waals surface area (Å²) >= 11 is 0. The first-order chi connectivity index (χ1) is 12.4. The van der Waals surface area contributed by atoms with Crippen LogP contribution >= 0.6 is 0 Å². The van der Waals surface area contributed by atoms with Gasteiger partial charge in [0, 0.05) is 25.7 Å². The van der Waals surface area contributed by atoms with Crippen LogP contribution in [0.2, 0.25) is 0 Å². The largest absolute Gasteiger partial charge is 0.336 e. The van der Waals surface area contributed by atoms with E-state index in [1.165, 1.54) is 0 Å². The molecule has 2 aliphatic heterocycles. The Kier molecular flexibility index (Phi) is 5.01. The lowest BCUT2D eigenvalue weighted by atomic mass is 9.81. The number of carbonyl (C=O) groups is 6. The summed E-state index contributed by atoms with van der Waals surface area (Å²) in [6.07, 6.45) is 1.54. The second kappa shape index (κ2) is 7.22. The van der Waals surface area contributed by atoms with E-state index in [0.717, 1.165) is 0 Å². The Morgan fingerprint density at radius 3 is 1.38 bits per heavy atom. The maximum absolute atomic E-state index is 12.2. The SMILES string of the molecule is O=C(ON1C(=O)CCC1=O)C1CCCC(C(=O)ON2C(=O)CCC2=O)C1. The van der Waals surface area contributed by atoms with Gasteiger partial charge in [-0.15, -0.1) is 10.1 Å². The number of imide groups is 2. The highest BCUT2D eigenvalue weighted by Crippen LogP contribution is 2.32. The monoisotopic (exact) mass is 366 g/mol. The number of carbonyl (C=O) groups excluding carboxylic acids is 6. The summed E-state index contributed by atoms with van der Waals surface area (Å²) in [4.78, 5) is 80.3. The number of amides is 4. The fourth-order valence-corrected chi connectivity index (χ4v) is 3.26. The van der Waals surface area contributed by atoms with Crippen LogP contribution in [0.1, 0.15) is 51.4 Å². The maximum atomic E-state index is 12.2. The molecule has 3 fully saturated rings. The third-order valence-corrected chi connectivity index (χ3v) is 4.71. The van der Waals surface area contributed by atoms with E-state index in [0.29, 0.717) is 29.4 Å². The van der Waals surface area contributed by atoms with Crippen LogP contribution in [0, 0.1) is 11.8 Å². The van der Waals surface area contributed by atoms with Crippen LogP contribution in [0.3, 0.4) is 0 Å². The molecule has 2 heterocycles. The molecule has 2 unspecified atom stereocenters. The van der Waals surface area contributed by atoms with Gasteiger partial charge in [0.05, 0.1) is 11.8 Å². The summed E-state index contributed by atoms with van der Waals surface area (Å²) in [5, 5.41) is 0.956. The van der Waals surface area contributed by atoms with Gasteiger partial charge < -0.3 is 9.68 Å². The van der Waals surface area contributed by atoms with Crippen molar-refractivity contribution in [3.05, 3.63) is 0 Å². The Morgan fingerprint density at radius 2 is 1.04 bits per heavy atom. The molecule has 0 N–H and O–H groups in total. The van der Waals surface area contributed by atoms with Gasteiger partial charge in [-0.3, -0.25) is 19.2 Å². The van der Waals surface area contributed by atoms with Crippen molar-refractivity contribution in [2.24, 2.45) is 11.8 Å². The molecule has 26 heavy (non-hydrogen) atoms. The van der Waals surface area contributed by atoms with E-state index in [1.54, 1.807) is 0 Å². The molecule has 0 radical (unpaired) electrons. The molecule has 0 aromatic carbocycles. The zero-order valence-electron chi connectivity index (χ0n) is 14.0. The van der Waals surface area contributed by atoms with Gasteiger partial charge in [0.2, 0.25) is 0 Å². The van der Waals surface area contributed by atoms with Crippen LogP contribution in [0.25, 0.3) is 0 Å². The molecular formula is C16H18N2O8. The number of hydrogen-bond acceptors (Lipinski definition) is 8. The van der Waals surface area contributed by atoms with Gasteiger partial charge in [0.15, 0.2) is 0 Å². The van der Waals surface area contributed by atoms with Crippen LogP contribution < -0.4 is 0 Å². The van der Waals surface area contributed by atoms with E-state index in [4.69, 9.17) is 9.68 Å². The van der Waals surface area contributed by atoms with Crippen molar-refractivity contribution < 1.29 is 38.4 Å². The van der Waals surface area contributed by atoms with Gasteiger partial charge in [0.25, 0.3) is 23.6 Å². The van der Waals surface area contributed by atoms with E-state index in [2.05, 4.69) is 0 Å². The van der Waals surface area contributed by atoms with Crippen LogP contribution in [0.4, 0.5) is 0 Å². The standard InChI is InChI=1S/C16H18N2O8/c19-11-4-5-12(20)17(11)25-15(23)9-2-1-3-10(8-9)16(24)26-18-13(21)6-7-14(18)22/h9-10H,1-8H2. The molecule has 3 rings (SSSR count). The number of rotatable bonds is 4. The molecule has 4 amide bonds. The van der Waals surface area contributed by atoms with E-state index in [1.807, 2.05) is 0 Å². The van der Waals surface area contributed by atoms with Crippen LogP contribution in [-0.2, 0) is 38.4 Å². The van der Waals surface area contributed by atoms with E-state index >= 15 is 0 Å². The normalized spacial score (nSPS) is 26.5. The summed E-state index contributed by atoms with van der Waals surface area (Å²) in [6, 6.07) is 0. The first-order valence-electron chi connectivity index (χ1n) is 8.52. The molecule has 1 saturated carbocycles. The van der Waals surface area contributed by atoms with Crippen LogP contribution in [-0.4, -0.2) is 45.7 Å². The highest BCUT2D eigenvalue weighted by Gasteiger charge is 2.40. The molecule has 0 aromatic heterocycles. The van der Waals surface area contributed by atoms with Crippen molar-refractivity contribution in [2.45, 2.75) is 51.4 Å². The first kappa shape index (κ1) is 18.0. The molecule has 2 saturated heterocycles. The third kappa shape index (κ3) is 3.58. The van der Waals surface area contributed by atoms with E-state index < -0.39 is 47.4 Å². The van der Waals surface area contributed by atoms with Crippen LogP contribution in [0.15, 0.2) is 0 Å². The molecule has 10 heteroatoms. The average molecular weight is 366 g/mol. The molecule has 0 spiro atoms. The second-order valence-electron chi connectivity index (χ2n) is 6.54. The van der Waals surface area contributed by atoms with Crippen molar-refractivity contribution >= 4 is 35.6 Å². The smallest absolute Gasteiger partial charge is 0.330 e. The Bertz CT molecular complexity index is 600. The van der Waals surface area contributed by atoms with E-state index in [-0.39, 0.29) is 32.1 Å². The van der Waals surface area contributed by atoms with Crippen molar-refractivity contribution in [1.29, 1.82) is 0 Å². The Morgan fingerprint density at radius 1 is 0.692 bits per heavy atom. The third-order valence-electron chi connectivity index (χ3n) is 4.71. The molecular weight excluding hydrogens is 348 g/mol. The molecule has 3 aliphatic rings. The first-order valence-corrected chi connectivity index (χ1v) is 8.52. The van der Waals surface area contributed by atoms with Crippen molar-refractivity contribution in [1.82, 2.24) is 10.1 Å². The maximum Gasteiger partial charge on any atom is 0.336 e. The summed E-state index contributed by atoms with van der Waals surface area (Å²) in [5.41, 5.74) is 0. The van der Waals surface area contributed by atoms with Crippen molar-refractivity contribution in [3.8, 4) is 0 Å². The number of hydroxylamine groups is 4. The Balaban J connectivity index is 1.56. The molecule has 140 valence electrons. The Labute approximate surface area is 148 Å². The quantitative estimate of drug-likeness (QED) is 0.637. The lowest BCUT2D eigenvalue weighted by Gasteiger charge is -2.27. The molecule has 0 bridgehead atoms. The molecule has 2 atom stereocenters. The minimum atomic E-state index is -0.751. The zero-order chi connectivity index (χ0) is 18.8. The van der Waals surface area contributed by atoms with Gasteiger partial charge in [-0.1, -0.05) is 6.42 Å². The molecule has 0 aromatic rings. The average Bonchev–Trinajstić information content (AvgIpc) is 3.11. The Hall–Kier alpha value is -2.78. The molecule has 10 nitrogen and oxygen atoms in total. The van der Waals surface area contributed by atoms with Gasteiger partial charge in [-0.25, -0.2) is 9.59 Å². The van der Waals surface area contributed by atoms with Gasteiger partial charge in [-0.2, -0.15) is 0 Å². The summed E-state index contributed by atoms with van der Waals surface area (Å²) in [7, 11) is 0. The number of nitrogens with zero attached hydrogens (tertiary/aromatic N) is 2. The predicted molar refractivity (Wildman–Crippen MR) is 79.8 cm³/mol. The molecule has 1 aliphatic carbocycles. The lowest BCUT2D eigenvalue weighted by Crippen LogP contribution is -2.39. The van der Waals surface area contributed by atoms with Crippen LogP contribution in [0.5, 0.6) is 0 Å². The highest BCUT2D eigenvalue weighted by atomic mass is 16.7. The highest BCUT2D eigenvalue weighted by molar-refractivity contribution is 6.02. The fraction of sp³-hybridized carbons (Fsp3) is 0.625. The fourth-order valence-electron chi connectivity index (χ4n) is 3.26. The minimum absolute atomic E-state index is 0.00359. The minimum Gasteiger partial charge on any atom is -0.330 e. The zero-order valence-corrected chi connectivity index (χ0v) is 14.0. The summed E-state index contributed by atoms with van der Waals surface area (Å²) in [6.45, 7) is 0. The summed E-state index contributed by atoms with van der Waals surface area (Å²) < 4.78 is 0.